The summed E-state index contributed by atoms with van der Waals surface area (Å²) in [4.78, 5) is 0. The van der Waals surface area contributed by atoms with Crippen molar-refractivity contribution in [3.63, 3.8) is 0 Å². The van der Waals surface area contributed by atoms with E-state index in [0.717, 1.165) is 0 Å². The molecule has 0 aliphatic rings. The van der Waals surface area contributed by atoms with Gasteiger partial charge in [0, 0.05) is 0 Å². The van der Waals surface area contributed by atoms with Gasteiger partial charge in [0.2, 0.25) is 0 Å². The Kier molecular flexibility index (Phi) is 57.6. The maximum Gasteiger partial charge on any atom is -0.0445 e. The lowest BCUT2D eigenvalue weighted by molar-refractivity contribution is 1.42. The van der Waals surface area contributed by atoms with Gasteiger partial charge in [0.25, 0.3) is 0 Å². The highest BCUT2D eigenvalue weighted by molar-refractivity contribution is 7.59. The van der Waals surface area contributed by atoms with Gasteiger partial charge in [0.05, 0.1) is 0 Å². The minimum atomic E-state index is 0. The molecule has 0 aliphatic carbocycles. The Hall–Kier alpha value is 0.670. The van der Waals surface area contributed by atoms with Crippen LogP contribution in [-0.2, 0) is 0 Å². The summed E-state index contributed by atoms with van der Waals surface area (Å²) in [5.41, 5.74) is 1.17. The molecule has 0 aromatic rings. The average Bonchev–Trinajstić information content (AvgIpc) is 0.811. The third-order valence-corrected chi connectivity index (χ3v) is 0. The van der Waals surface area contributed by atoms with Crippen molar-refractivity contribution in [1.82, 2.24) is 0 Å². The second-order valence-corrected chi connectivity index (χ2v) is 1.21. The van der Waals surface area contributed by atoms with Crippen LogP contribution in [0.25, 0.3) is 0 Å². The first-order chi connectivity index (χ1) is 1.73. The fraction of sp³-hybridized carbons (Fsp3) is 0.500. The maximum absolute atomic E-state index is 3.56. The van der Waals surface area contributed by atoms with Crippen LogP contribution in [0.4, 0.5) is 0 Å². The second kappa shape index (κ2) is 15.9. The zero-order valence-electron chi connectivity index (χ0n) is 4.52. The Bertz CT molecular complexity index is 32.7. The number of halogens is 2. The number of hydrogen-bond donors (Lipinski definition) is 0. The first-order valence-electron chi connectivity index (χ1n) is 1.35. The molecule has 0 unspecified atom stereocenters. The second-order valence-electron chi connectivity index (χ2n) is 1.21. The van der Waals surface area contributed by atoms with Gasteiger partial charge in [0.15, 0.2) is 0 Å². The molecular formula is C4H12Cl2S. The number of allylic oxidation sites excluding steroid dienone is 1. The van der Waals surface area contributed by atoms with Crippen LogP contribution in [-0.4, -0.2) is 0 Å². The third kappa shape index (κ3) is 324. The van der Waals surface area contributed by atoms with Crippen LogP contribution in [0.2, 0.25) is 0 Å². The SMILES string of the molecule is C=C(C)C.Cl.Cl.S. The van der Waals surface area contributed by atoms with Crippen molar-refractivity contribution in [2.75, 3.05) is 0 Å². The summed E-state index contributed by atoms with van der Waals surface area (Å²) in [6, 6.07) is 0. The van der Waals surface area contributed by atoms with E-state index in [1.807, 2.05) is 13.8 Å². The average molecular weight is 163 g/mol. The zero-order valence-corrected chi connectivity index (χ0v) is 7.16. The highest BCUT2D eigenvalue weighted by atomic mass is 35.5. The Balaban J connectivity index is -0.0000000150. The summed E-state index contributed by atoms with van der Waals surface area (Å²) in [6.45, 7) is 7.50. The molecule has 0 N–H and O–H groups in total. The topological polar surface area (TPSA) is 0 Å². The van der Waals surface area contributed by atoms with E-state index >= 15 is 0 Å². The van der Waals surface area contributed by atoms with E-state index in [1.54, 1.807) is 0 Å². The Morgan fingerprint density at radius 1 is 1.14 bits per heavy atom. The lowest BCUT2D eigenvalue weighted by Gasteiger charge is -1.65. The van der Waals surface area contributed by atoms with Crippen LogP contribution in [0.15, 0.2) is 12.2 Å². The maximum atomic E-state index is 3.56. The molecule has 0 spiro atoms. The highest BCUT2D eigenvalue weighted by Gasteiger charge is 1.51. The first-order valence-corrected chi connectivity index (χ1v) is 1.35. The molecule has 0 nitrogen and oxygen atoms in total. The van der Waals surface area contributed by atoms with E-state index in [2.05, 4.69) is 6.58 Å². The Morgan fingerprint density at radius 2 is 1.14 bits per heavy atom. The van der Waals surface area contributed by atoms with Gasteiger partial charge < -0.3 is 0 Å². The number of rotatable bonds is 0. The molecule has 0 atom stereocenters. The Labute approximate surface area is 64.6 Å². The van der Waals surface area contributed by atoms with Crippen molar-refractivity contribution in [1.29, 1.82) is 0 Å². The van der Waals surface area contributed by atoms with E-state index in [0.29, 0.717) is 0 Å². The van der Waals surface area contributed by atoms with Gasteiger partial charge in [-0.1, -0.05) is 5.57 Å². The molecule has 0 aromatic carbocycles. The monoisotopic (exact) mass is 162 g/mol. The van der Waals surface area contributed by atoms with Crippen molar-refractivity contribution >= 4 is 38.3 Å². The molecule has 0 rings (SSSR count). The number of hydrogen-bond acceptors (Lipinski definition) is 0. The summed E-state index contributed by atoms with van der Waals surface area (Å²) in [7, 11) is 0. The molecule has 0 saturated heterocycles. The van der Waals surface area contributed by atoms with Gasteiger partial charge in [-0.15, -0.1) is 31.4 Å². The van der Waals surface area contributed by atoms with Gasteiger partial charge in [-0.3, -0.25) is 0 Å². The van der Waals surface area contributed by atoms with Crippen LogP contribution in [0, 0.1) is 0 Å². The minimum Gasteiger partial charge on any atom is -0.197 e. The fourth-order valence-corrected chi connectivity index (χ4v) is 0. The van der Waals surface area contributed by atoms with Crippen molar-refractivity contribution in [2.24, 2.45) is 0 Å². The molecule has 0 radical (unpaired) electrons. The van der Waals surface area contributed by atoms with Crippen LogP contribution in [0.5, 0.6) is 0 Å². The van der Waals surface area contributed by atoms with Gasteiger partial charge in [-0.25, -0.2) is 0 Å². The van der Waals surface area contributed by atoms with E-state index in [-0.39, 0.29) is 38.3 Å². The minimum absolute atomic E-state index is 0. The van der Waals surface area contributed by atoms with E-state index in [4.69, 9.17) is 0 Å². The summed E-state index contributed by atoms with van der Waals surface area (Å²) in [5.74, 6) is 0. The summed E-state index contributed by atoms with van der Waals surface area (Å²) < 4.78 is 0. The molecule has 0 heterocycles. The van der Waals surface area contributed by atoms with Gasteiger partial charge in [-0.05, 0) is 13.8 Å². The lowest BCUT2D eigenvalue weighted by atomic mass is 10.4. The molecule has 0 saturated carbocycles. The van der Waals surface area contributed by atoms with Crippen LogP contribution in [0.3, 0.4) is 0 Å². The molecule has 0 fully saturated rings. The van der Waals surface area contributed by atoms with E-state index in [1.165, 1.54) is 5.57 Å². The Morgan fingerprint density at radius 3 is 1.14 bits per heavy atom. The fourth-order valence-electron chi connectivity index (χ4n) is 0. The van der Waals surface area contributed by atoms with Crippen molar-refractivity contribution in [2.45, 2.75) is 13.8 Å². The van der Waals surface area contributed by atoms with Gasteiger partial charge in [-0.2, -0.15) is 13.5 Å². The van der Waals surface area contributed by atoms with E-state index < -0.39 is 0 Å². The normalized spacial score (nSPS) is 3.71. The molecular weight excluding hydrogens is 151 g/mol. The molecule has 7 heavy (non-hydrogen) atoms. The molecule has 48 valence electrons. The highest BCUT2D eigenvalue weighted by Crippen LogP contribution is 1.73. The van der Waals surface area contributed by atoms with Crippen molar-refractivity contribution in [3.8, 4) is 0 Å². The largest absolute Gasteiger partial charge is 0.197 e. The van der Waals surface area contributed by atoms with Crippen LogP contribution < -0.4 is 0 Å². The summed E-state index contributed by atoms with van der Waals surface area (Å²) >= 11 is 0. The predicted octanol–water partition coefficient (Wildman–Crippen LogP) is 2.54. The molecule has 0 bridgehead atoms. The standard InChI is InChI=1S/C4H8.2ClH.H2S/c1-4(2)3;;;/h1H2,2-3H3;2*1H;1H2. The lowest BCUT2D eigenvalue weighted by Crippen LogP contribution is -1.43. The predicted molar refractivity (Wildman–Crippen MR) is 45.4 cm³/mol. The summed E-state index contributed by atoms with van der Waals surface area (Å²) in [6.07, 6.45) is 0. The smallest absolute Gasteiger partial charge is 0.0445 e. The summed E-state index contributed by atoms with van der Waals surface area (Å²) in [5, 5.41) is 0. The van der Waals surface area contributed by atoms with Crippen molar-refractivity contribution in [3.05, 3.63) is 12.2 Å². The molecule has 0 aromatic heterocycles. The molecule has 3 heteroatoms. The van der Waals surface area contributed by atoms with Crippen molar-refractivity contribution < 1.29 is 0 Å². The van der Waals surface area contributed by atoms with E-state index in [9.17, 15) is 0 Å². The van der Waals surface area contributed by atoms with Crippen LogP contribution >= 0.6 is 38.3 Å². The third-order valence-electron chi connectivity index (χ3n) is 0. The van der Waals surface area contributed by atoms with Gasteiger partial charge in [0.1, 0.15) is 0 Å². The first kappa shape index (κ1) is 25.3. The zero-order chi connectivity index (χ0) is 3.58. The van der Waals surface area contributed by atoms with Gasteiger partial charge >= 0.3 is 0 Å². The quantitative estimate of drug-likeness (QED) is 0.481. The van der Waals surface area contributed by atoms with Crippen LogP contribution in [0.1, 0.15) is 13.8 Å². The molecule has 0 aliphatic heterocycles. The molecule has 0 amide bonds.